The Labute approximate surface area is 208 Å². The zero-order valence-electron chi connectivity index (χ0n) is 21.3. The molecule has 0 atom stereocenters. The van der Waals surface area contributed by atoms with Gasteiger partial charge in [-0.2, -0.15) is 0 Å². The van der Waals surface area contributed by atoms with Gasteiger partial charge < -0.3 is 15.4 Å². The van der Waals surface area contributed by atoms with Crippen molar-refractivity contribution < 1.29 is 14.3 Å². The standard InChI is InChI=1S/C29H35N3O3/c1-6-35-25-16-8-7-15-24(25)17-32(18-26(33)30-28-20(2)11-9-12-21(28)3)19-27(34)31-29-22(4)13-10-14-23(29)5/h7-16H,6,17-19H2,1-5H3,(H,30,33)(H,31,34). The molecule has 6 heteroatoms. The molecule has 0 aliphatic heterocycles. The number of nitrogens with zero attached hydrogens (tertiary/aromatic N) is 1. The van der Waals surface area contributed by atoms with Crippen LogP contribution in [0.2, 0.25) is 0 Å². The van der Waals surface area contributed by atoms with Gasteiger partial charge in [0.15, 0.2) is 0 Å². The van der Waals surface area contributed by atoms with Crippen LogP contribution in [0.3, 0.4) is 0 Å². The minimum Gasteiger partial charge on any atom is -0.494 e. The van der Waals surface area contributed by atoms with Gasteiger partial charge in [0.2, 0.25) is 11.8 Å². The van der Waals surface area contributed by atoms with Crippen LogP contribution in [0.5, 0.6) is 5.75 Å². The Balaban J connectivity index is 1.80. The molecule has 35 heavy (non-hydrogen) atoms. The lowest BCUT2D eigenvalue weighted by atomic mass is 10.1. The number of carbonyl (C=O) groups excluding carboxylic acids is 2. The van der Waals surface area contributed by atoms with Crippen molar-refractivity contribution >= 4 is 23.2 Å². The summed E-state index contributed by atoms with van der Waals surface area (Å²) in [5, 5.41) is 6.06. The molecule has 0 radical (unpaired) electrons. The Morgan fingerprint density at radius 1 is 0.714 bits per heavy atom. The molecule has 0 saturated carbocycles. The minimum atomic E-state index is -0.170. The van der Waals surface area contributed by atoms with Crippen molar-refractivity contribution in [3.8, 4) is 5.75 Å². The van der Waals surface area contributed by atoms with E-state index >= 15 is 0 Å². The summed E-state index contributed by atoms with van der Waals surface area (Å²) in [6.45, 7) is 10.9. The lowest BCUT2D eigenvalue weighted by molar-refractivity contribution is -0.120. The third-order valence-electron chi connectivity index (χ3n) is 5.89. The highest BCUT2D eigenvalue weighted by Gasteiger charge is 2.19. The summed E-state index contributed by atoms with van der Waals surface area (Å²) in [6.07, 6.45) is 0. The predicted octanol–water partition coefficient (Wildman–Crippen LogP) is 5.40. The maximum absolute atomic E-state index is 13.1. The monoisotopic (exact) mass is 473 g/mol. The van der Waals surface area contributed by atoms with E-state index in [4.69, 9.17) is 4.74 Å². The minimum absolute atomic E-state index is 0.0639. The van der Waals surface area contributed by atoms with E-state index in [0.29, 0.717) is 13.2 Å². The second-order valence-corrected chi connectivity index (χ2v) is 8.82. The SMILES string of the molecule is CCOc1ccccc1CN(CC(=O)Nc1c(C)cccc1C)CC(=O)Nc1c(C)cccc1C. The largest absolute Gasteiger partial charge is 0.494 e. The fourth-order valence-corrected chi connectivity index (χ4v) is 4.13. The van der Waals surface area contributed by atoms with Crippen LogP contribution in [-0.4, -0.2) is 36.4 Å². The van der Waals surface area contributed by atoms with E-state index in [9.17, 15) is 9.59 Å². The predicted molar refractivity (Wildman–Crippen MR) is 142 cm³/mol. The Kier molecular flexibility index (Phi) is 9.04. The van der Waals surface area contributed by atoms with Gasteiger partial charge in [-0.1, -0.05) is 54.6 Å². The first kappa shape index (κ1) is 26.0. The average molecular weight is 474 g/mol. The van der Waals surface area contributed by atoms with Gasteiger partial charge in [0, 0.05) is 23.5 Å². The molecular weight excluding hydrogens is 438 g/mol. The van der Waals surface area contributed by atoms with Gasteiger partial charge in [0.05, 0.1) is 19.7 Å². The molecule has 3 aromatic rings. The van der Waals surface area contributed by atoms with Crippen LogP contribution in [0, 0.1) is 27.7 Å². The van der Waals surface area contributed by atoms with Crippen molar-refractivity contribution in [1.29, 1.82) is 0 Å². The van der Waals surface area contributed by atoms with Crippen molar-refractivity contribution in [3.05, 3.63) is 88.5 Å². The highest BCUT2D eigenvalue weighted by Crippen LogP contribution is 2.23. The number of rotatable bonds is 10. The van der Waals surface area contributed by atoms with E-state index < -0.39 is 0 Å². The molecule has 0 unspecified atom stereocenters. The van der Waals surface area contributed by atoms with Crippen LogP contribution >= 0.6 is 0 Å². The van der Waals surface area contributed by atoms with Crippen LogP contribution in [0.1, 0.15) is 34.7 Å². The number of amides is 2. The maximum Gasteiger partial charge on any atom is 0.238 e. The number of anilines is 2. The molecule has 2 amide bonds. The molecule has 0 spiro atoms. The third-order valence-corrected chi connectivity index (χ3v) is 5.89. The van der Waals surface area contributed by atoms with E-state index in [2.05, 4.69) is 10.6 Å². The number of carbonyl (C=O) groups is 2. The highest BCUT2D eigenvalue weighted by molar-refractivity contribution is 5.96. The zero-order chi connectivity index (χ0) is 25.4. The van der Waals surface area contributed by atoms with Crippen LogP contribution in [0.25, 0.3) is 0 Å². The van der Waals surface area contributed by atoms with Crippen LogP contribution in [0.15, 0.2) is 60.7 Å². The van der Waals surface area contributed by atoms with Crippen LogP contribution in [-0.2, 0) is 16.1 Å². The molecule has 184 valence electrons. The molecule has 0 heterocycles. The smallest absolute Gasteiger partial charge is 0.238 e. The van der Waals surface area contributed by atoms with Gasteiger partial charge >= 0.3 is 0 Å². The third kappa shape index (κ3) is 7.17. The van der Waals surface area contributed by atoms with Gasteiger partial charge in [-0.25, -0.2) is 0 Å². The van der Waals surface area contributed by atoms with Crippen LogP contribution < -0.4 is 15.4 Å². The van der Waals surface area contributed by atoms with Gasteiger partial charge in [-0.3, -0.25) is 14.5 Å². The molecule has 0 aliphatic rings. The van der Waals surface area contributed by atoms with E-state index in [-0.39, 0.29) is 24.9 Å². The summed E-state index contributed by atoms with van der Waals surface area (Å²) < 4.78 is 5.77. The van der Waals surface area contributed by atoms with Crippen molar-refractivity contribution in [3.63, 3.8) is 0 Å². The van der Waals surface area contributed by atoms with Gasteiger partial charge in [0.25, 0.3) is 0 Å². The summed E-state index contributed by atoms with van der Waals surface area (Å²) in [6, 6.07) is 19.5. The Morgan fingerprint density at radius 3 is 1.63 bits per heavy atom. The number of hydrogen-bond donors (Lipinski definition) is 2. The summed E-state index contributed by atoms with van der Waals surface area (Å²) in [5.41, 5.74) is 6.55. The fourth-order valence-electron chi connectivity index (χ4n) is 4.13. The normalized spacial score (nSPS) is 10.8. The second kappa shape index (κ2) is 12.2. The van der Waals surface area contributed by atoms with Gasteiger partial charge in [-0.05, 0) is 62.9 Å². The van der Waals surface area contributed by atoms with Gasteiger partial charge in [-0.15, -0.1) is 0 Å². The maximum atomic E-state index is 13.1. The molecule has 3 aromatic carbocycles. The molecule has 0 bridgehead atoms. The fraction of sp³-hybridized carbons (Fsp3) is 0.310. The number of para-hydroxylation sites is 3. The van der Waals surface area contributed by atoms with Crippen molar-refractivity contribution in [2.45, 2.75) is 41.2 Å². The summed E-state index contributed by atoms with van der Waals surface area (Å²) in [5.74, 6) is 0.414. The van der Waals surface area contributed by atoms with Crippen molar-refractivity contribution in [1.82, 2.24) is 4.90 Å². The van der Waals surface area contributed by atoms with Gasteiger partial charge in [0.1, 0.15) is 5.75 Å². The second-order valence-electron chi connectivity index (χ2n) is 8.82. The lowest BCUT2D eigenvalue weighted by Gasteiger charge is -2.23. The lowest BCUT2D eigenvalue weighted by Crippen LogP contribution is -2.38. The first-order chi connectivity index (χ1) is 16.8. The van der Waals surface area contributed by atoms with Crippen LogP contribution in [0.4, 0.5) is 11.4 Å². The van der Waals surface area contributed by atoms with Crippen molar-refractivity contribution in [2.75, 3.05) is 30.3 Å². The summed E-state index contributed by atoms with van der Waals surface area (Å²) in [7, 11) is 0. The Morgan fingerprint density at radius 2 is 1.17 bits per heavy atom. The molecular formula is C29H35N3O3. The zero-order valence-corrected chi connectivity index (χ0v) is 21.3. The molecule has 6 nitrogen and oxygen atoms in total. The number of hydrogen-bond acceptors (Lipinski definition) is 4. The topological polar surface area (TPSA) is 70.7 Å². The van der Waals surface area contributed by atoms with E-state index in [1.54, 1.807) is 0 Å². The molecule has 3 rings (SSSR count). The molecule has 0 aliphatic carbocycles. The van der Waals surface area contributed by atoms with E-state index in [1.165, 1.54) is 0 Å². The first-order valence-electron chi connectivity index (χ1n) is 11.9. The molecule has 2 N–H and O–H groups in total. The molecule has 0 aromatic heterocycles. The number of benzene rings is 3. The Hall–Kier alpha value is -3.64. The quantitative estimate of drug-likeness (QED) is 0.414. The van der Waals surface area contributed by atoms with E-state index in [1.807, 2.05) is 100 Å². The summed E-state index contributed by atoms with van der Waals surface area (Å²) in [4.78, 5) is 28.0. The number of aryl methyl sites for hydroxylation is 4. The first-order valence-corrected chi connectivity index (χ1v) is 11.9. The average Bonchev–Trinajstić information content (AvgIpc) is 2.80. The summed E-state index contributed by atoms with van der Waals surface area (Å²) >= 11 is 0. The Bertz CT molecular complexity index is 1080. The molecule has 0 fully saturated rings. The van der Waals surface area contributed by atoms with E-state index in [0.717, 1.165) is 44.9 Å². The van der Waals surface area contributed by atoms with Crippen molar-refractivity contribution in [2.24, 2.45) is 0 Å². The highest BCUT2D eigenvalue weighted by atomic mass is 16.5. The number of nitrogens with one attached hydrogen (secondary N) is 2. The molecule has 0 saturated heterocycles. The number of ether oxygens (including phenoxy) is 1.